The predicted molar refractivity (Wildman–Crippen MR) is 92.1 cm³/mol. The van der Waals surface area contributed by atoms with Gasteiger partial charge in [0.25, 0.3) is 0 Å². The van der Waals surface area contributed by atoms with Crippen LogP contribution >= 0.6 is 15.9 Å². The molecule has 3 nitrogen and oxygen atoms in total. The zero-order valence-corrected chi connectivity index (χ0v) is 14.5. The van der Waals surface area contributed by atoms with Crippen molar-refractivity contribution in [1.29, 1.82) is 0 Å². The van der Waals surface area contributed by atoms with Gasteiger partial charge in [0.05, 0.1) is 11.6 Å². The number of aryl methyl sites for hydroxylation is 1. The van der Waals surface area contributed by atoms with Crippen LogP contribution in [0.25, 0.3) is 0 Å². The monoisotopic (exact) mass is 379 g/mol. The molecule has 2 aromatic rings. The molecule has 0 radical (unpaired) electrons. The van der Waals surface area contributed by atoms with Crippen molar-refractivity contribution in [1.82, 2.24) is 5.32 Å². The van der Waals surface area contributed by atoms with Crippen LogP contribution in [0.1, 0.15) is 17.5 Å². The van der Waals surface area contributed by atoms with E-state index in [0.717, 1.165) is 16.9 Å². The van der Waals surface area contributed by atoms with Crippen LogP contribution in [0.2, 0.25) is 0 Å². The average Bonchev–Trinajstić information content (AvgIpc) is 2.56. The second-order valence-electron chi connectivity index (χ2n) is 5.16. The van der Waals surface area contributed by atoms with Crippen molar-refractivity contribution in [2.45, 2.75) is 19.3 Å². The van der Waals surface area contributed by atoms with Crippen LogP contribution in [0.15, 0.2) is 46.9 Å². The third-order valence-corrected chi connectivity index (χ3v) is 4.14. The molecule has 0 aromatic heterocycles. The number of carbonyl (C=O) groups excluding carboxylic acids is 1. The van der Waals surface area contributed by atoms with Gasteiger partial charge in [-0.2, -0.15) is 0 Å². The summed E-state index contributed by atoms with van der Waals surface area (Å²) >= 11 is 3.16. The summed E-state index contributed by atoms with van der Waals surface area (Å²) in [7, 11) is 1.62. The van der Waals surface area contributed by atoms with E-state index in [1.165, 1.54) is 6.07 Å². The fraction of sp³-hybridized carbons (Fsp3) is 0.278. The first-order valence-electron chi connectivity index (χ1n) is 7.42. The minimum atomic E-state index is -0.283. The molecule has 2 aromatic carbocycles. The van der Waals surface area contributed by atoms with Crippen LogP contribution in [-0.2, 0) is 17.6 Å². The number of nitrogens with one attached hydrogen (secondary N) is 1. The Hall–Kier alpha value is -1.88. The Morgan fingerprint density at radius 1 is 1.22 bits per heavy atom. The van der Waals surface area contributed by atoms with Crippen molar-refractivity contribution in [2.24, 2.45) is 0 Å². The van der Waals surface area contributed by atoms with E-state index in [0.29, 0.717) is 30.3 Å². The molecule has 0 atom stereocenters. The van der Waals surface area contributed by atoms with Crippen molar-refractivity contribution >= 4 is 21.8 Å². The summed E-state index contributed by atoms with van der Waals surface area (Å²) in [6.45, 7) is 0.531. The second-order valence-corrected chi connectivity index (χ2v) is 6.01. The largest absolute Gasteiger partial charge is 0.496 e. The molecule has 0 saturated carbocycles. The van der Waals surface area contributed by atoms with Gasteiger partial charge in [-0.15, -0.1) is 0 Å². The molecule has 1 amide bonds. The zero-order valence-electron chi connectivity index (χ0n) is 12.9. The predicted octanol–water partition coefficient (Wildman–Crippen LogP) is 3.89. The lowest BCUT2D eigenvalue weighted by Crippen LogP contribution is -2.25. The summed E-state index contributed by atoms with van der Waals surface area (Å²) in [5, 5.41) is 2.88. The topological polar surface area (TPSA) is 38.3 Å². The number of hydrogen-bond donors (Lipinski definition) is 1. The molecule has 0 heterocycles. The number of ether oxygens (including phenoxy) is 1. The Bertz CT molecular complexity index is 676. The van der Waals surface area contributed by atoms with E-state index >= 15 is 0 Å². The van der Waals surface area contributed by atoms with Crippen molar-refractivity contribution in [3.63, 3.8) is 0 Å². The summed E-state index contributed by atoms with van der Waals surface area (Å²) in [6.07, 6.45) is 1.71. The number of para-hydroxylation sites is 1. The number of benzene rings is 2. The van der Waals surface area contributed by atoms with E-state index in [1.807, 2.05) is 24.3 Å². The standard InChI is InChI=1S/C18H19BrFNO2/c1-23-17-5-3-2-4-14(17)7-9-18(22)21-11-10-13-6-8-16(20)15(19)12-13/h2-6,8,12H,7,9-11H2,1H3,(H,21,22). The van der Waals surface area contributed by atoms with Gasteiger partial charge in [0.1, 0.15) is 11.6 Å². The van der Waals surface area contributed by atoms with Gasteiger partial charge in [-0.1, -0.05) is 24.3 Å². The van der Waals surface area contributed by atoms with Crippen LogP contribution < -0.4 is 10.1 Å². The van der Waals surface area contributed by atoms with Crippen LogP contribution in [0, 0.1) is 5.82 Å². The molecule has 0 fully saturated rings. The summed E-state index contributed by atoms with van der Waals surface area (Å²) in [4.78, 5) is 11.9. The van der Waals surface area contributed by atoms with E-state index in [2.05, 4.69) is 21.2 Å². The van der Waals surface area contributed by atoms with Crippen molar-refractivity contribution < 1.29 is 13.9 Å². The highest BCUT2D eigenvalue weighted by atomic mass is 79.9. The van der Waals surface area contributed by atoms with Gasteiger partial charge in [0.15, 0.2) is 0 Å². The summed E-state index contributed by atoms with van der Waals surface area (Å²) in [5.41, 5.74) is 2.00. The molecule has 0 spiro atoms. The highest BCUT2D eigenvalue weighted by molar-refractivity contribution is 9.10. The lowest BCUT2D eigenvalue weighted by Gasteiger charge is -2.09. The molecule has 23 heavy (non-hydrogen) atoms. The Labute approximate surface area is 144 Å². The fourth-order valence-corrected chi connectivity index (χ4v) is 2.71. The smallest absolute Gasteiger partial charge is 0.220 e. The highest BCUT2D eigenvalue weighted by Crippen LogP contribution is 2.19. The van der Waals surface area contributed by atoms with Gasteiger partial charge in [0.2, 0.25) is 5.91 Å². The zero-order chi connectivity index (χ0) is 16.7. The summed E-state index contributed by atoms with van der Waals surface area (Å²) in [6, 6.07) is 12.6. The maximum absolute atomic E-state index is 13.1. The minimum Gasteiger partial charge on any atom is -0.496 e. The fourth-order valence-electron chi connectivity index (χ4n) is 2.29. The van der Waals surface area contributed by atoms with E-state index in [9.17, 15) is 9.18 Å². The molecular formula is C18H19BrFNO2. The van der Waals surface area contributed by atoms with Crippen molar-refractivity contribution in [3.05, 3.63) is 63.9 Å². The summed E-state index contributed by atoms with van der Waals surface area (Å²) in [5.74, 6) is 0.517. The number of amides is 1. The van der Waals surface area contributed by atoms with Crippen molar-refractivity contribution in [3.8, 4) is 5.75 Å². The quantitative estimate of drug-likeness (QED) is 0.792. The molecular weight excluding hydrogens is 361 g/mol. The Kier molecular flexibility index (Phi) is 6.59. The Morgan fingerprint density at radius 3 is 2.74 bits per heavy atom. The molecule has 0 bridgehead atoms. The molecule has 0 aliphatic rings. The normalized spacial score (nSPS) is 10.4. The number of halogens is 2. The molecule has 122 valence electrons. The first kappa shape index (κ1) is 17.5. The Morgan fingerprint density at radius 2 is 2.00 bits per heavy atom. The van der Waals surface area contributed by atoms with Gasteiger partial charge in [-0.05, 0) is 58.1 Å². The number of rotatable bonds is 7. The number of carbonyl (C=O) groups is 1. The van der Waals surface area contributed by atoms with E-state index in [1.54, 1.807) is 19.2 Å². The SMILES string of the molecule is COc1ccccc1CCC(=O)NCCc1ccc(F)c(Br)c1. The third kappa shape index (κ3) is 5.36. The van der Waals surface area contributed by atoms with Gasteiger partial charge in [-0.3, -0.25) is 4.79 Å². The highest BCUT2D eigenvalue weighted by Gasteiger charge is 2.06. The summed E-state index contributed by atoms with van der Waals surface area (Å²) < 4.78 is 18.9. The van der Waals surface area contributed by atoms with Gasteiger partial charge >= 0.3 is 0 Å². The maximum atomic E-state index is 13.1. The second kappa shape index (κ2) is 8.67. The average molecular weight is 380 g/mol. The first-order chi connectivity index (χ1) is 11.1. The molecule has 0 aliphatic carbocycles. The molecule has 0 aliphatic heterocycles. The molecule has 0 unspecified atom stereocenters. The lowest BCUT2D eigenvalue weighted by molar-refractivity contribution is -0.121. The molecule has 0 saturated heterocycles. The molecule has 2 rings (SSSR count). The van der Waals surface area contributed by atoms with E-state index < -0.39 is 0 Å². The van der Waals surface area contributed by atoms with Crippen molar-refractivity contribution in [2.75, 3.05) is 13.7 Å². The lowest BCUT2D eigenvalue weighted by atomic mass is 10.1. The third-order valence-electron chi connectivity index (χ3n) is 3.53. The number of methoxy groups -OCH3 is 1. The van der Waals surface area contributed by atoms with E-state index in [4.69, 9.17) is 4.74 Å². The van der Waals surface area contributed by atoms with Crippen LogP contribution in [0.5, 0.6) is 5.75 Å². The molecule has 5 heteroatoms. The number of hydrogen-bond acceptors (Lipinski definition) is 2. The van der Waals surface area contributed by atoms with Crippen LogP contribution in [-0.4, -0.2) is 19.6 Å². The minimum absolute atomic E-state index is 0.00270. The van der Waals surface area contributed by atoms with Gasteiger partial charge in [0, 0.05) is 13.0 Å². The first-order valence-corrected chi connectivity index (χ1v) is 8.22. The van der Waals surface area contributed by atoms with Crippen LogP contribution in [0.3, 0.4) is 0 Å². The maximum Gasteiger partial charge on any atom is 0.220 e. The van der Waals surface area contributed by atoms with E-state index in [-0.39, 0.29) is 11.7 Å². The Balaban J connectivity index is 1.76. The van der Waals surface area contributed by atoms with Gasteiger partial charge < -0.3 is 10.1 Å². The molecule has 1 N–H and O–H groups in total. The van der Waals surface area contributed by atoms with Crippen LogP contribution in [0.4, 0.5) is 4.39 Å². The van der Waals surface area contributed by atoms with Gasteiger partial charge in [-0.25, -0.2) is 4.39 Å².